The molecule has 2 aromatic carbocycles. The van der Waals surface area contributed by atoms with Crippen LogP contribution in [0, 0.1) is 11.3 Å². The van der Waals surface area contributed by atoms with Crippen molar-refractivity contribution in [3.05, 3.63) is 71.3 Å². The summed E-state index contributed by atoms with van der Waals surface area (Å²) in [6, 6.07) is 12.9. The zero-order valence-electron chi connectivity index (χ0n) is 28.7. The van der Waals surface area contributed by atoms with Crippen LogP contribution >= 0.6 is 0 Å². The SMILES string of the molecule is CC(C)[C@H](NN[C@@H](CCCNC(N)N)C(=O)NCc1ccc(C(=N)N)cc1)C(=O)N[C@@H](CCCNC(N)N)C(=O)C(=O)OCc1ccccc1. The first-order chi connectivity index (χ1) is 23.8. The maximum absolute atomic E-state index is 13.6. The Labute approximate surface area is 293 Å². The van der Waals surface area contributed by atoms with E-state index in [-0.39, 0.29) is 37.2 Å². The summed E-state index contributed by atoms with van der Waals surface area (Å²) in [4.78, 5) is 52.9. The number of Topliss-reactive ketones (excluding diaryl/α,β-unsaturated/α-hetero) is 1. The van der Waals surface area contributed by atoms with Crippen LogP contribution < -0.4 is 60.8 Å². The zero-order valence-corrected chi connectivity index (χ0v) is 28.7. The fourth-order valence-electron chi connectivity index (χ4n) is 4.73. The van der Waals surface area contributed by atoms with Crippen LogP contribution in [0.5, 0.6) is 0 Å². The number of amidine groups is 1. The first-order valence-corrected chi connectivity index (χ1v) is 16.5. The van der Waals surface area contributed by atoms with E-state index in [4.69, 9.17) is 38.8 Å². The smallest absolute Gasteiger partial charge is 0.377 e. The normalized spacial score (nSPS) is 13.1. The molecule has 3 atom stereocenters. The summed E-state index contributed by atoms with van der Waals surface area (Å²) in [5, 5.41) is 18.9. The number of hydrogen-bond donors (Lipinski definition) is 12. The molecule has 0 aliphatic carbocycles. The van der Waals surface area contributed by atoms with Crippen molar-refractivity contribution in [2.45, 2.75) is 83.4 Å². The molecule has 0 unspecified atom stereocenters. The topological polar surface area (TPSA) is 304 Å². The summed E-state index contributed by atoms with van der Waals surface area (Å²) in [5.74, 6) is -3.24. The van der Waals surface area contributed by atoms with Crippen LogP contribution in [0.4, 0.5) is 0 Å². The number of benzene rings is 2. The highest BCUT2D eigenvalue weighted by atomic mass is 16.5. The van der Waals surface area contributed by atoms with Crippen LogP contribution in [-0.4, -0.2) is 73.2 Å². The quantitative estimate of drug-likeness (QED) is 0.0108. The number of carbonyl (C=O) groups is 4. The van der Waals surface area contributed by atoms with Gasteiger partial charge in [0.1, 0.15) is 31.1 Å². The lowest BCUT2D eigenvalue weighted by molar-refractivity contribution is -0.156. The van der Waals surface area contributed by atoms with Gasteiger partial charge in [-0.05, 0) is 55.8 Å². The van der Waals surface area contributed by atoms with Gasteiger partial charge in [0.2, 0.25) is 11.8 Å². The molecule has 276 valence electrons. The van der Waals surface area contributed by atoms with Gasteiger partial charge in [-0.2, -0.15) is 0 Å². The number of ether oxygens (including phenoxy) is 1. The third-order valence-corrected chi connectivity index (χ3v) is 7.56. The number of hydrogen-bond acceptors (Lipinski definition) is 14. The van der Waals surface area contributed by atoms with Crippen molar-refractivity contribution in [2.75, 3.05) is 13.1 Å². The number of ketones is 1. The van der Waals surface area contributed by atoms with Crippen molar-refractivity contribution in [1.29, 1.82) is 5.41 Å². The van der Waals surface area contributed by atoms with E-state index in [1.165, 1.54) is 0 Å². The maximum Gasteiger partial charge on any atom is 0.377 e. The number of amides is 2. The molecule has 0 radical (unpaired) electrons. The molecular formula is C33H54N12O5. The Morgan fingerprint density at radius 3 is 1.88 bits per heavy atom. The Morgan fingerprint density at radius 1 is 0.760 bits per heavy atom. The molecule has 0 bridgehead atoms. The van der Waals surface area contributed by atoms with E-state index >= 15 is 0 Å². The summed E-state index contributed by atoms with van der Waals surface area (Å²) in [7, 11) is 0. The first-order valence-electron chi connectivity index (χ1n) is 16.5. The Morgan fingerprint density at radius 2 is 1.34 bits per heavy atom. The van der Waals surface area contributed by atoms with Crippen LogP contribution in [0.1, 0.15) is 56.2 Å². The van der Waals surface area contributed by atoms with Gasteiger partial charge in [0.05, 0.1) is 12.1 Å². The third-order valence-electron chi connectivity index (χ3n) is 7.56. The van der Waals surface area contributed by atoms with Gasteiger partial charge in [-0.3, -0.25) is 30.4 Å². The Kier molecular flexibility index (Phi) is 18.7. The van der Waals surface area contributed by atoms with Crippen molar-refractivity contribution < 1.29 is 23.9 Å². The molecule has 0 aliphatic heterocycles. The molecule has 17 N–H and O–H groups in total. The molecule has 17 nitrogen and oxygen atoms in total. The monoisotopic (exact) mass is 698 g/mol. The number of nitrogens with two attached hydrogens (primary N) is 5. The van der Waals surface area contributed by atoms with E-state index in [0.717, 1.165) is 5.56 Å². The fraction of sp³-hybridized carbons (Fsp3) is 0.485. The Balaban J connectivity index is 2.12. The lowest BCUT2D eigenvalue weighted by Crippen LogP contribution is -2.60. The standard InChI is InChI=1S/C33H54N12O5/c1-20(2)26(30(48)43-24(10-6-16-40-32(36)37)27(46)31(49)50-19-22-8-4-3-5-9-22)45-44-25(11-7-17-41-33(38)39)29(47)42-18-21-12-14-23(15-13-21)28(34)35/h3-5,8-9,12-15,20,24-26,32-33,40-41,44-45H,6-7,10-11,16-19,36-39H2,1-2H3,(H3,34,35)(H,42,47)(H,43,48)/t24-,25-,26-/m0/s1. The van der Waals surface area contributed by atoms with Gasteiger partial charge in [-0.25, -0.2) is 15.6 Å². The molecule has 50 heavy (non-hydrogen) atoms. The van der Waals surface area contributed by atoms with Crippen molar-refractivity contribution >= 4 is 29.4 Å². The number of hydrazine groups is 1. The van der Waals surface area contributed by atoms with Crippen LogP contribution in [-0.2, 0) is 37.1 Å². The van der Waals surface area contributed by atoms with Crippen molar-refractivity contribution in [1.82, 2.24) is 32.1 Å². The van der Waals surface area contributed by atoms with Gasteiger partial charge in [0, 0.05) is 12.1 Å². The molecule has 0 fully saturated rings. The number of nitrogen functional groups attached to an aromatic ring is 1. The molecular weight excluding hydrogens is 644 g/mol. The molecule has 0 aliphatic rings. The molecule has 0 spiro atoms. The minimum atomic E-state index is -1.19. The van der Waals surface area contributed by atoms with E-state index in [9.17, 15) is 19.2 Å². The van der Waals surface area contributed by atoms with Gasteiger partial charge >= 0.3 is 5.97 Å². The predicted octanol–water partition coefficient (Wildman–Crippen LogP) is -1.99. The van der Waals surface area contributed by atoms with E-state index in [2.05, 4.69) is 32.1 Å². The highest BCUT2D eigenvalue weighted by Gasteiger charge is 2.32. The lowest BCUT2D eigenvalue weighted by atomic mass is 10.0. The second kappa shape index (κ2) is 22.4. The number of carbonyl (C=O) groups excluding carboxylic acids is 4. The molecule has 2 amide bonds. The first kappa shape index (κ1) is 41.8. The largest absolute Gasteiger partial charge is 0.455 e. The third kappa shape index (κ3) is 15.9. The van der Waals surface area contributed by atoms with Gasteiger partial charge < -0.3 is 44.0 Å². The van der Waals surface area contributed by atoms with Gasteiger partial charge in [0.15, 0.2) is 0 Å². The van der Waals surface area contributed by atoms with Gasteiger partial charge in [-0.1, -0.05) is 68.4 Å². The second-order valence-corrected chi connectivity index (χ2v) is 12.1. The van der Waals surface area contributed by atoms with Crippen LogP contribution in [0.25, 0.3) is 0 Å². The Hall–Kier alpha value is -4.33. The molecule has 17 heteroatoms. The molecule has 0 aromatic heterocycles. The van der Waals surface area contributed by atoms with E-state index in [0.29, 0.717) is 43.5 Å². The van der Waals surface area contributed by atoms with Crippen molar-refractivity contribution in [2.24, 2.45) is 34.6 Å². The molecule has 0 saturated heterocycles. The lowest BCUT2D eigenvalue weighted by Gasteiger charge is -2.27. The average Bonchev–Trinajstić information content (AvgIpc) is 3.08. The van der Waals surface area contributed by atoms with Crippen molar-refractivity contribution in [3.8, 4) is 0 Å². The van der Waals surface area contributed by atoms with Crippen molar-refractivity contribution in [3.63, 3.8) is 0 Å². The molecule has 2 rings (SSSR count). The molecule has 2 aromatic rings. The average molecular weight is 699 g/mol. The van der Waals surface area contributed by atoms with Crippen LogP contribution in [0.3, 0.4) is 0 Å². The summed E-state index contributed by atoms with van der Waals surface area (Å²) in [6.45, 7) is 4.48. The minimum Gasteiger partial charge on any atom is -0.455 e. The van der Waals surface area contributed by atoms with E-state index < -0.39 is 48.4 Å². The zero-order chi connectivity index (χ0) is 37.1. The molecule has 0 saturated carbocycles. The molecule has 0 heterocycles. The summed E-state index contributed by atoms with van der Waals surface area (Å²) >= 11 is 0. The highest BCUT2D eigenvalue weighted by molar-refractivity contribution is 6.36. The summed E-state index contributed by atoms with van der Waals surface area (Å²) < 4.78 is 5.24. The van der Waals surface area contributed by atoms with Crippen LogP contribution in [0.15, 0.2) is 54.6 Å². The van der Waals surface area contributed by atoms with Crippen LogP contribution in [0.2, 0.25) is 0 Å². The fourth-order valence-corrected chi connectivity index (χ4v) is 4.73. The minimum absolute atomic E-state index is 0.0579. The van der Waals surface area contributed by atoms with E-state index in [1.807, 2.05) is 6.07 Å². The second-order valence-electron chi connectivity index (χ2n) is 12.1. The highest BCUT2D eigenvalue weighted by Crippen LogP contribution is 2.09. The maximum atomic E-state index is 13.6. The van der Waals surface area contributed by atoms with Gasteiger partial charge in [0.25, 0.3) is 5.78 Å². The number of nitrogens with one attached hydrogen (secondary N) is 7. The van der Waals surface area contributed by atoms with E-state index in [1.54, 1.807) is 62.4 Å². The number of rotatable bonds is 24. The number of esters is 1. The summed E-state index contributed by atoms with van der Waals surface area (Å²) in [6.07, 6.45) is -0.140. The Bertz CT molecular complexity index is 1360. The summed E-state index contributed by atoms with van der Waals surface area (Å²) in [5.41, 5.74) is 35.8. The predicted molar refractivity (Wildman–Crippen MR) is 190 cm³/mol. The van der Waals surface area contributed by atoms with Gasteiger partial charge in [-0.15, -0.1) is 0 Å².